The minimum atomic E-state index is 0.619. The third-order valence-electron chi connectivity index (χ3n) is 4.04. The van der Waals surface area contributed by atoms with E-state index in [1.54, 1.807) is 0 Å². The molecule has 1 aliphatic rings. The van der Waals surface area contributed by atoms with E-state index in [0.29, 0.717) is 5.92 Å². The van der Waals surface area contributed by atoms with Crippen molar-refractivity contribution in [3.05, 3.63) is 23.5 Å². The number of aromatic nitrogens is 2. The third-order valence-corrected chi connectivity index (χ3v) is 4.04. The van der Waals surface area contributed by atoms with Gasteiger partial charge in [-0.1, -0.05) is 32.6 Å². The highest BCUT2D eigenvalue weighted by Gasteiger charge is 2.22. The van der Waals surface area contributed by atoms with Crippen LogP contribution in [0.15, 0.2) is 12.1 Å². The molecule has 1 fully saturated rings. The third kappa shape index (κ3) is 4.06. The molecule has 0 radical (unpaired) electrons. The Labute approximate surface area is 117 Å². The summed E-state index contributed by atoms with van der Waals surface area (Å²) < 4.78 is 0. The van der Waals surface area contributed by atoms with Crippen molar-refractivity contribution in [2.75, 3.05) is 0 Å². The predicted molar refractivity (Wildman–Crippen MR) is 78.8 cm³/mol. The zero-order chi connectivity index (χ0) is 13.5. The quantitative estimate of drug-likeness (QED) is 0.753. The Kier molecular flexibility index (Phi) is 5.39. The maximum absolute atomic E-state index is 4.37. The molecule has 0 N–H and O–H groups in total. The largest absolute Gasteiger partial charge is 0.154 e. The Morgan fingerprint density at radius 2 is 1.89 bits per heavy atom. The van der Waals surface area contributed by atoms with Gasteiger partial charge < -0.3 is 0 Å². The fraction of sp³-hybridized carbons (Fsp3) is 0.647. The van der Waals surface area contributed by atoms with E-state index in [0.717, 1.165) is 23.7 Å². The van der Waals surface area contributed by atoms with E-state index in [9.17, 15) is 0 Å². The van der Waals surface area contributed by atoms with Crippen LogP contribution in [0.1, 0.15) is 76.1 Å². The number of hydrogen-bond acceptors (Lipinski definition) is 2. The van der Waals surface area contributed by atoms with E-state index in [1.165, 1.54) is 38.5 Å². The molecule has 0 unspecified atom stereocenters. The summed E-state index contributed by atoms with van der Waals surface area (Å²) in [6.07, 6.45) is 8.85. The minimum Gasteiger partial charge on any atom is -0.154 e. The molecule has 0 saturated heterocycles. The lowest BCUT2D eigenvalue weighted by Crippen LogP contribution is -2.14. The van der Waals surface area contributed by atoms with Crippen LogP contribution in [0, 0.1) is 17.8 Å². The fourth-order valence-corrected chi connectivity index (χ4v) is 2.96. The summed E-state index contributed by atoms with van der Waals surface area (Å²) in [5.41, 5.74) is 1.96. The van der Waals surface area contributed by atoms with Gasteiger partial charge in [-0.2, -0.15) is 5.10 Å². The second-order valence-corrected chi connectivity index (χ2v) is 5.51. The van der Waals surface area contributed by atoms with Crippen LogP contribution in [0.2, 0.25) is 0 Å². The summed E-state index contributed by atoms with van der Waals surface area (Å²) in [7, 11) is 0. The Morgan fingerprint density at radius 3 is 2.47 bits per heavy atom. The average molecular weight is 256 g/mol. The molecule has 0 atom stereocenters. The zero-order valence-electron chi connectivity index (χ0n) is 12.2. The van der Waals surface area contributed by atoms with Crippen LogP contribution in [0.25, 0.3) is 0 Å². The van der Waals surface area contributed by atoms with Crippen molar-refractivity contribution in [3.63, 3.8) is 0 Å². The van der Waals surface area contributed by atoms with Gasteiger partial charge in [0.05, 0.1) is 5.69 Å². The number of hydrogen-bond donors (Lipinski definition) is 0. The highest BCUT2D eigenvalue weighted by molar-refractivity contribution is 5.27. The van der Waals surface area contributed by atoms with Crippen molar-refractivity contribution < 1.29 is 0 Å². The van der Waals surface area contributed by atoms with Crippen molar-refractivity contribution >= 4 is 0 Å². The highest BCUT2D eigenvalue weighted by Crippen LogP contribution is 2.36. The van der Waals surface area contributed by atoms with Crippen LogP contribution in [-0.4, -0.2) is 10.2 Å². The average Bonchev–Trinajstić information content (AvgIpc) is 2.47. The highest BCUT2D eigenvalue weighted by atomic mass is 15.1. The molecule has 0 amide bonds. The standard InChI is InChI=1S/C17H24N2/c1-3-5-7-16-12-13-17(19-18-16)15-10-8-14(6-4-2)9-11-15/h12-15H,3-4,6,8-11H2,1-2H3. The van der Waals surface area contributed by atoms with Gasteiger partial charge >= 0.3 is 0 Å². The second-order valence-electron chi connectivity index (χ2n) is 5.51. The Balaban J connectivity index is 1.92. The van der Waals surface area contributed by atoms with Crippen molar-refractivity contribution in [3.8, 4) is 11.8 Å². The van der Waals surface area contributed by atoms with Crippen LogP contribution in [0.3, 0.4) is 0 Å². The molecule has 2 heteroatoms. The lowest BCUT2D eigenvalue weighted by Gasteiger charge is -2.27. The first-order valence-corrected chi connectivity index (χ1v) is 7.66. The molecule has 0 spiro atoms. The summed E-state index contributed by atoms with van der Waals surface area (Å²) in [5.74, 6) is 7.62. The molecule has 0 aliphatic heterocycles. The molecule has 0 aromatic carbocycles. The van der Waals surface area contributed by atoms with Gasteiger partial charge in [0.25, 0.3) is 0 Å². The van der Waals surface area contributed by atoms with Crippen LogP contribution >= 0.6 is 0 Å². The van der Waals surface area contributed by atoms with Crippen molar-refractivity contribution in [1.29, 1.82) is 0 Å². The van der Waals surface area contributed by atoms with E-state index < -0.39 is 0 Å². The van der Waals surface area contributed by atoms with Crippen LogP contribution in [0.4, 0.5) is 0 Å². The van der Waals surface area contributed by atoms with Gasteiger partial charge in [-0.25, -0.2) is 0 Å². The molecule has 1 aliphatic carbocycles. The van der Waals surface area contributed by atoms with E-state index in [2.05, 4.69) is 35.0 Å². The Bertz CT molecular complexity index is 431. The topological polar surface area (TPSA) is 25.8 Å². The van der Waals surface area contributed by atoms with Crippen LogP contribution in [-0.2, 0) is 0 Å². The Morgan fingerprint density at radius 1 is 1.11 bits per heavy atom. The molecule has 1 aromatic heterocycles. The molecule has 19 heavy (non-hydrogen) atoms. The fourth-order valence-electron chi connectivity index (χ4n) is 2.96. The van der Waals surface area contributed by atoms with Gasteiger partial charge in [0.1, 0.15) is 5.69 Å². The lowest BCUT2D eigenvalue weighted by molar-refractivity contribution is 0.304. The van der Waals surface area contributed by atoms with Gasteiger partial charge in [-0.05, 0) is 49.7 Å². The molecule has 0 bridgehead atoms. The van der Waals surface area contributed by atoms with E-state index in [-0.39, 0.29) is 0 Å². The molecule has 1 heterocycles. The first kappa shape index (κ1) is 14.1. The van der Waals surface area contributed by atoms with Gasteiger partial charge in [0.2, 0.25) is 0 Å². The maximum atomic E-state index is 4.37. The monoisotopic (exact) mass is 256 g/mol. The van der Waals surface area contributed by atoms with Gasteiger partial charge in [-0.3, -0.25) is 0 Å². The molecule has 1 aromatic rings. The normalized spacial score (nSPS) is 22.6. The molecular weight excluding hydrogens is 232 g/mol. The zero-order valence-corrected chi connectivity index (χ0v) is 12.2. The smallest absolute Gasteiger partial charge is 0.135 e. The first-order chi connectivity index (χ1) is 9.33. The van der Waals surface area contributed by atoms with Crippen molar-refractivity contribution in [2.24, 2.45) is 5.92 Å². The minimum absolute atomic E-state index is 0.619. The first-order valence-electron chi connectivity index (χ1n) is 7.66. The Hall–Kier alpha value is -1.36. The summed E-state index contributed by atoms with van der Waals surface area (Å²) in [6.45, 7) is 4.33. The SMILES string of the molecule is CCC#Cc1ccc(C2CCC(CCC)CC2)nn1. The lowest BCUT2D eigenvalue weighted by atomic mass is 9.79. The predicted octanol–water partition coefficient (Wildman–Crippen LogP) is 4.31. The molecule has 2 rings (SSSR count). The van der Waals surface area contributed by atoms with Crippen molar-refractivity contribution in [1.82, 2.24) is 10.2 Å². The van der Waals surface area contributed by atoms with Gasteiger partial charge in [0.15, 0.2) is 0 Å². The maximum Gasteiger partial charge on any atom is 0.135 e. The van der Waals surface area contributed by atoms with E-state index in [4.69, 9.17) is 0 Å². The van der Waals surface area contributed by atoms with E-state index >= 15 is 0 Å². The summed E-state index contributed by atoms with van der Waals surface area (Å²) in [6, 6.07) is 4.14. The van der Waals surface area contributed by atoms with E-state index in [1.807, 2.05) is 13.0 Å². The van der Waals surface area contributed by atoms with Crippen LogP contribution in [0.5, 0.6) is 0 Å². The molecule has 102 valence electrons. The number of nitrogens with zero attached hydrogens (tertiary/aromatic N) is 2. The number of rotatable bonds is 3. The van der Waals surface area contributed by atoms with Gasteiger partial charge in [-0.15, -0.1) is 5.10 Å². The summed E-state index contributed by atoms with van der Waals surface area (Å²) >= 11 is 0. The van der Waals surface area contributed by atoms with Crippen LogP contribution < -0.4 is 0 Å². The molecular formula is C17H24N2. The second kappa shape index (κ2) is 7.28. The molecule has 2 nitrogen and oxygen atoms in total. The van der Waals surface area contributed by atoms with Crippen molar-refractivity contribution in [2.45, 2.75) is 64.7 Å². The summed E-state index contributed by atoms with van der Waals surface area (Å²) in [4.78, 5) is 0. The molecule has 1 saturated carbocycles. The summed E-state index contributed by atoms with van der Waals surface area (Å²) in [5, 5.41) is 8.60. The van der Waals surface area contributed by atoms with Gasteiger partial charge in [0, 0.05) is 12.3 Å².